The Morgan fingerprint density at radius 2 is 1.71 bits per heavy atom. The minimum atomic E-state index is -0.477. The number of aromatic nitrogens is 2. The Kier molecular flexibility index (Phi) is 8.95. The van der Waals surface area contributed by atoms with Gasteiger partial charge in [-0.1, -0.05) is 54.2 Å². The molecule has 8 heteroatoms. The van der Waals surface area contributed by atoms with Crippen molar-refractivity contribution in [3.05, 3.63) is 70.5 Å². The summed E-state index contributed by atoms with van der Waals surface area (Å²) in [7, 11) is 0. The largest absolute Gasteiger partial charge is 0.379 e. The fourth-order valence-corrected chi connectivity index (χ4v) is 5.61. The number of carbonyl (C=O) groups is 1. The van der Waals surface area contributed by atoms with Gasteiger partial charge in [-0.25, -0.2) is 4.98 Å². The first-order valence-corrected chi connectivity index (χ1v) is 13.3. The number of fused-ring (bicyclic) bond motifs is 1. The Hall–Kier alpha value is -2.68. The predicted octanol–water partition coefficient (Wildman–Crippen LogP) is 3.82. The number of carbonyl (C=O) groups excluding carboxylic acids is 1. The molecule has 1 atom stereocenters. The molecular formula is C27H34N4O3S. The fraction of sp³-hybridized carbons (Fsp3) is 0.444. The normalized spacial score (nSPS) is 15.3. The molecule has 0 radical (unpaired) electrons. The van der Waals surface area contributed by atoms with Gasteiger partial charge in [0, 0.05) is 39.3 Å². The van der Waals surface area contributed by atoms with Crippen LogP contribution in [0, 0.1) is 0 Å². The van der Waals surface area contributed by atoms with Crippen molar-refractivity contribution in [1.29, 1.82) is 0 Å². The van der Waals surface area contributed by atoms with Gasteiger partial charge in [-0.15, -0.1) is 0 Å². The van der Waals surface area contributed by atoms with E-state index in [-0.39, 0.29) is 11.5 Å². The molecular weight excluding hydrogens is 460 g/mol. The molecule has 0 N–H and O–H groups in total. The van der Waals surface area contributed by atoms with Crippen molar-refractivity contribution < 1.29 is 9.53 Å². The number of thioether (sulfide) groups is 1. The van der Waals surface area contributed by atoms with Crippen LogP contribution in [-0.2, 0) is 16.1 Å². The molecule has 3 aromatic rings. The zero-order valence-corrected chi connectivity index (χ0v) is 21.4. The van der Waals surface area contributed by atoms with Crippen LogP contribution < -0.4 is 5.56 Å². The molecule has 35 heavy (non-hydrogen) atoms. The third-order valence-electron chi connectivity index (χ3n) is 6.41. The van der Waals surface area contributed by atoms with E-state index >= 15 is 0 Å². The lowest BCUT2D eigenvalue weighted by molar-refractivity contribution is -0.130. The maximum atomic E-state index is 13.6. The van der Waals surface area contributed by atoms with Crippen molar-refractivity contribution in [2.45, 2.75) is 37.2 Å². The summed E-state index contributed by atoms with van der Waals surface area (Å²) in [4.78, 5) is 36.2. The van der Waals surface area contributed by atoms with Gasteiger partial charge in [0.1, 0.15) is 5.25 Å². The van der Waals surface area contributed by atoms with Crippen LogP contribution in [0.25, 0.3) is 10.9 Å². The number of amides is 1. The second-order valence-corrected chi connectivity index (χ2v) is 9.67. The van der Waals surface area contributed by atoms with Gasteiger partial charge in [0.05, 0.1) is 24.1 Å². The highest BCUT2D eigenvalue weighted by atomic mass is 32.2. The average Bonchev–Trinajstić information content (AvgIpc) is 2.90. The van der Waals surface area contributed by atoms with Gasteiger partial charge in [0.25, 0.3) is 5.56 Å². The van der Waals surface area contributed by atoms with Crippen LogP contribution in [0.3, 0.4) is 0 Å². The number of likely N-dealkylation sites (N-methyl/N-ethyl adjacent to an activating group) is 1. The van der Waals surface area contributed by atoms with Gasteiger partial charge < -0.3 is 9.64 Å². The van der Waals surface area contributed by atoms with E-state index < -0.39 is 5.25 Å². The summed E-state index contributed by atoms with van der Waals surface area (Å²) in [5.41, 5.74) is 1.52. The maximum absolute atomic E-state index is 13.6. The molecule has 0 aliphatic carbocycles. The van der Waals surface area contributed by atoms with E-state index in [1.807, 2.05) is 73.3 Å². The number of benzene rings is 2. The zero-order valence-electron chi connectivity index (χ0n) is 20.6. The van der Waals surface area contributed by atoms with E-state index in [4.69, 9.17) is 9.72 Å². The summed E-state index contributed by atoms with van der Waals surface area (Å²) in [6.07, 6.45) is 0.827. The second-order valence-electron chi connectivity index (χ2n) is 8.59. The predicted molar refractivity (Wildman–Crippen MR) is 141 cm³/mol. The quantitative estimate of drug-likeness (QED) is 0.315. The summed E-state index contributed by atoms with van der Waals surface area (Å²) >= 11 is 1.38. The fourth-order valence-electron chi connectivity index (χ4n) is 4.41. The lowest BCUT2D eigenvalue weighted by Gasteiger charge is -2.27. The lowest BCUT2D eigenvalue weighted by Crippen LogP contribution is -2.37. The van der Waals surface area contributed by atoms with Crippen LogP contribution in [-0.4, -0.2) is 71.2 Å². The highest BCUT2D eigenvalue weighted by molar-refractivity contribution is 8.00. The SMILES string of the molecule is CCN(CC)C(=O)C(Sc1nc2ccccc2c(=O)n1CCCN1CCOCC1)c1ccccc1. The minimum absolute atomic E-state index is 0.0356. The molecule has 1 aliphatic rings. The van der Waals surface area contributed by atoms with E-state index in [1.165, 1.54) is 11.8 Å². The lowest BCUT2D eigenvalue weighted by atomic mass is 10.1. The van der Waals surface area contributed by atoms with Gasteiger partial charge >= 0.3 is 0 Å². The van der Waals surface area contributed by atoms with E-state index in [9.17, 15) is 9.59 Å². The number of hydrogen-bond acceptors (Lipinski definition) is 6. The molecule has 0 spiro atoms. The van der Waals surface area contributed by atoms with Gasteiger partial charge in [-0.05, 0) is 38.0 Å². The first-order chi connectivity index (χ1) is 17.1. The van der Waals surface area contributed by atoms with Crippen LogP contribution >= 0.6 is 11.8 Å². The number of nitrogens with zero attached hydrogens (tertiary/aromatic N) is 4. The maximum Gasteiger partial charge on any atom is 0.262 e. The molecule has 1 amide bonds. The number of rotatable bonds is 10. The summed E-state index contributed by atoms with van der Waals surface area (Å²) in [6.45, 7) is 10.0. The minimum Gasteiger partial charge on any atom is -0.379 e. The highest BCUT2D eigenvalue weighted by Crippen LogP contribution is 2.36. The Labute approximate surface area is 211 Å². The van der Waals surface area contributed by atoms with Crippen LogP contribution in [0.4, 0.5) is 0 Å². The van der Waals surface area contributed by atoms with Gasteiger partial charge in [-0.3, -0.25) is 19.1 Å². The number of ether oxygens (including phenoxy) is 1. The molecule has 1 fully saturated rings. The van der Waals surface area contributed by atoms with Crippen LogP contribution in [0.2, 0.25) is 0 Å². The van der Waals surface area contributed by atoms with E-state index in [1.54, 1.807) is 4.57 Å². The molecule has 1 unspecified atom stereocenters. The monoisotopic (exact) mass is 494 g/mol. The summed E-state index contributed by atoms with van der Waals surface area (Å²) in [5, 5.41) is 0.717. The Morgan fingerprint density at radius 3 is 2.43 bits per heavy atom. The molecule has 0 saturated carbocycles. The molecule has 2 aromatic carbocycles. The topological polar surface area (TPSA) is 67.7 Å². The standard InChI is InChI=1S/C27H34N4O3S/c1-3-30(4-2)26(33)24(21-11-6-5-7-12-21)35-27-28-23-14-9-8-13-22(23)25(32)31(27)16-10-15-29-17-19-34-20-18-29/h5-9,11-14,24H,3-4,10,15-20H2,1-2H3. The molecule has 1 aromatic heterocycles. The summed E-state index contributed by atoms with van der Waals surface area (Å²) < 4.78 is 7.21. The third-order valence-corrected chi connectivity index (χ3v) is 7.64. The van der Waals surface area contributed by atoms with Crippen molar-refractivity contribution >= 4 is 28.6 Å². The van der Waals surface area contributed by atoms with Crippen molar-refractivity contribution in [3.63, 3.8) is 0 Å². The average molecular weight is 495 g/mol. The molecule has 1 saturated heterocycles. The first kappa shape index (κ1) is 25.4. The van der Waals surface area contributed by atoms with Crippen molar-refractivity contribution in [1.82, 2.24) is 19.4 Å². The molecule has 7 nitrogen and oxygen atoms in total. The Bertz CT molecular complexity index is 1170. The first-order valence-electron chi connectivity index (χ1n) is 12.4. The van der Waals surface area contributed by atoms with E-state index in [0.29, 0.717) is 35.7 Å². The van der Waals surface area contributed by atoms with E-state index in [2.05, 4.69) is 4.90 Å². The van der Waals surface area contributed by atoms with Crippen LogP contribution in [0.5, 0.6) is 0 Å². The number of morpholine rings is 1. The number of hydrogen-bond donors (Lipinski definition) is 0. The van der Waals surface area contributed by atoms with Gasteiger partial charge in [-0.2, -0.15) is 0 Å². The molecule has 2 heterocycles. The molecule has 1 aliphatic heterocycles. The van der Waals surface area contributed by atoms with Crippen molar-refractivity contribution in [3.8, 4) is 0 Å². The smallest absolute Gasteiger partial charge is 0.262 e. The molecule has 186 valence electrons. The van der Waals surface area contributed by atoms with E-state index in [0.717, 1.165) is 44.8 Å². The summed E-state index contributed by atoms with van der Waals surface area (Å²) in [5.74, 6) is 0.0356. The van der Waals surface area contributed by atoms with Crippen molar-refractivity contribution in [2.24, 2.45) is 0 Å². The third kappa shape index (κ3) is 6.12. The number of para-hydroxylation sites is 1. The molecule has 4 rings (SSSR count). The highest BCUT2D eigenvalue weighted by Gasteiger charge is 2.28. The Morgan fingerprint density at radius 1 is 1.03 bits per heavy atom. The second kappa shape index (κ2) is 12.3. The Balaban J connectivity index is 1.68. The van der Waals surface area contributed by atoms with Crippen LogP contribution in [0.15, 0.2) is 64.5 Å². The van der Waals surface area contributed by atoms with Crippen LogP contribution in [0.1, 0.15) is 31.1 Å². The van der Waals surface area contributed by atoms with Crippen molar-refractivity contribution in [2.75, 3.05) is 45.9 Å². The summed E-state index contributed by atoms with van der Waals surface area (Å²) in [6, 6.07) is 17.2. The molecule has 0 bridgehead atoms. The zero-order chi connectivity index (χ0) is 24.6. The van der Waals surface area contributed by atoms with Gasteiger partial charge in [0.15, 0.2) is 5.16 Å². The van der Waals surface area contributed by atoms with Gasteiger partial charge in [0.2, 0.25) is 5.91 Å².